The van der Waals surface area contributed by atoms with E-state index in [1.54, 1.807) is 11.0 Å². The zero-order valence-electron chi connectivity index (χ0n) is 13.6. The van der Waals surface area contributed by atoms with E-state index in [9.17, 15) is 9.59 Å². The van der Waals surface area contributed by atoms with Gasteiger partial charge in [0.2, 0.25) is 5.91 Å². The van der Waals surface area contributed by atoms with Crippen LogP contribution in [0.3, 0.4) is 0 Å². The molecule has 130 valence electrons. The van der Waals surface area contributed by atoms with Crippen molar-refractivity contribution in [3.05, 3.63) is 33.8 Å². The minimum atomic E-state index is -0.201. The summed E-state index contributed by atoms with van der Waals surface area (Å²) in [5, 5.41) is 0.939. The quantitative estimate of drug-likeness (QED) is 0.442. The SMILES string of the molecule is COC(=O)C1CCN(C(=O)C=Cc2ccc(SC)c(Cl)c2Cl)CC1. The van der Waals surface area contributed by atoms with Crippen molar-refractivity contribution in [3.63, 3.8) is 0 Å². The van der Waals surface area contributed by atoms with Crippen LogP contribution in [0, 0.1) is 5.92 Å². The van der Waals surface area contributed by atoms with Crippen LogP contribution in [0.25, 0.3) is 6.08 Å². The van der Waals surface area contributed by atoms with Crippen molar-refractivity contribution in [1.29, 1.82) is 0 Å². The molecule has 4 nitrogen and oxygen atoms in total. The molecule has 1 fully saturated rings. The van der Waals surface area contributed by atoms with Gasteiger partial charge in [-0.05, 0) is 36.8 Å². The first-order chi connectivity index (χ1) is 11.5. The van der Waals surface area contributed by atoms with Crippen LogP contribution in [-0.4, -0.2) is 43.2 Å². The molecule has 0 radical (unpaired) electrons. The predicted octanol–water partition coefficient (Wildman–Crippen LogP) is 4.14. The van der Waals surface area contributed by atoms with Crippen molar-refractivity contribution < 1.29 is 14.3 Å². The number of thioether (sulfide) groups is 1. The van der Waals surface area contributed by atoms with Gasteiger partial charge in [0.25, 0.3) is 0 Å². The fraction of sp³-hybridized carbons (Fsp3) is 0.412. The predicted molar refractivity (Wildman–Crippen MR) is 98.6 cm³/mol. The number of benzene rings is 1. The number of amides is 1. The van der Waals surface area contributed by atoms with E-state index in [1.165, 1.54) is 24.9 Å². The molecule has 1 saturated heterocycles. The third kappa shape index (κ3) is 4.47. The van der Waals surface area contributed by atoms with Crippen molar-refractivity contribution in [3.8, 4) is 0 Å². The molecule has 0 atom stereocenters. The van der Waals surface area contributed by atoms with E-state index in [1.807, 2.05) is 18.4 Å². The van der Waals surface area contributed by atoms with Gasteiger partial charge in [-0.15, -0.1) is 11.8 Å². The summed E-state index contributed by atoms with van der Waals surface area (Å²) in [6, 6.07) is 3.72. The number of rotatable bonds is 4. The van der Waals surface area contributed by atoms with Crippen molar-refractivity contribution in [2.24, 2.45) is 5.92 Å². The van der Waals surface area contributed by atoms with Crippen LogP contribution in [0.4, 0.5) is 0 Å². The molecule has 1 heterocycles. The maximum absolute atomic E-state index is 12.3. The van der Waals surface area contributed by atoms with Gasteiger partial charge in [0.1, 0.15) is 0 Å². The Morgan fingerprint density at radius 2 is 1.92 bits per heavy atom. The Morgan fingerprint density at radius 1 is 1.25 bits per heavy atom. The van der Waals surface area contributed by atoms with Gasteiger partial charge in [0.15, 0.2) is 0 Å². The van der Waals surface area contributed by atoms with Crippen LogP contribution < -0.4 is 0 Å². The van der Waals surface area contributed by atoms with Gasteiger partial charge in [-0.1, -0.05) is 29.3 Å². The van der Waals surface area contributed by atoms with Gasteiger partial charge < -0.3 is 9.64 Å². The smallest absolute Gasteiger partial charge is 0.308 e. The average molecular weight is 388 g/mol. The monoisotopic (exact) mass is 387 g/mol. The molecule has 1 aromatic carbocycles. The minimum absolute atomic E-state index is 0.0977. The number of piperidine rings is 1. The lowest BCUT2D eigenvalue weighted by Crippen LogP contribution is -2.39. The third-order valence-corrected chi connectivity index (χ3v) is 5.83. The summed E-state index contributed by atoms with van der Waals surface area (Å²) in [7, 11) is 1.39. The van der Waals surface area contributed by atoms with E-state index in [2.05, 4.69) is 0 Å². The Morgan fingerprint density at radius 3 is 2.50 bits per heavy atom. The van der Waals surface area contributed by atoms with Crippen LogP contribution >= 0.6 is 35.0 Å². The summed E-state index contributed by atoms with van der Waals surface area (Å²) in [5.74, 6) is -0.414. The molecule has 0 bridgehead atoms. The molecule has 0 saturated carbocycles. The van der Waals surface area contributed by atoms with Gasteiger partial charge in [-0.2, -0.15) is 0 Å². The Kier molecular flexibility index (Phi) is 7.02. The summed E-state index contributed by atoms with van der Waals surface area (Å²) in [6.45, 7) is 1.09. The van der Waals surface area contributed by atoms with Gasteiger partial charge in [0, 0.05) is 24.1 Å². The lowest BCUT2D eigenvalue weighted by atomic mass is 9.97. The van der Waals surface area contributed by atoms with Crippen LogP contribution in [0.15, 0.2) is 23.1 Å². The maximum atomic E-state index is 12.3. The molecule has 1 aliphatic heterocycles. The van der Waals surface area contributed by atoms with Gasteiger partial charge >= 0.3 is 5.97 Å². The number of esters is 1. The van der Waals surface area contributed by atoms with Crippen molar-refractivity contribution in [2.75, 3.05) is 26.5 Å². The highest BCUT2D eigenvalue weighted by molar-refractivity contribution is 7.98. The zero-order chi connectivity index (χ0) is 17.7. The number of halogens is 2. The second-order valence-corrected chi connectivity index (χ2v) is 7.05. The van der Waals surface area contributed by atoms with E-state index in [4.69, 9.17) is 27.9 Å². The fourth-order valence-corrected chi connectivity index (χ4v) is 3.77. The number of methoxy groups -OCH3 is 1. The molecule has 7 heteroatoms. The Labute approximate surface area is 156 Å². The number of likely N-dealkylation sites (tertiary alicyclic amines) is 1. The second-order valence-electron chi connectivity index (χ2n) is 5.44. The van der Waals surface area contributed by atoms with E-state index in [0.717, 1.165) is 4.90 Å². The van der Waals surface area contributed by atoms with Gasteiger partial charge in [-0.25, -0.2) is 0 Å². The van der Waals surface area contributed by atoms with Crippen molar-refractivity contribution >= 4 is 52.9 Å². The van der Waals surface area contributed by atoms with Gasteiger partial charge in [0.05, 0.1) is 23.1 Å². The lowest BCUT2D eigenvalue weighted by molar-refractivity contribution is -0.148. The molecule has 0 spiro atoms. The van der Waals surface area contributed by atoms with Crippen LogP contribution in [0.1, 0.15) is 18.4 Å². The molecule has 0 aliphatic carbocycles. The Bertz CT molecular complexity index is 655. The largest absolute Gasteiger partial charge is 0.469 e. The number of ether oxygens (including phenoxy) is 1. The number of carbonyl (C=O) groups excluding carboxylic acids is 2. The normalized spacial score (nSPS) is 15.8. The molecule has 2 rings (SSSR count). The summed E-state index contributed by atoms with van der Waals surface area (Å²) >= 11 is 14.0. The molecular formula is C17H19Cl2NO3S. The van der Waals surface area contributed by atoms with Crippen molar-refractivity contribution in [2.45, 2.75) is 17.7 Å². The highest BCUT2D eigenvalue weighted by atomic mass is 35.5. The summed E-state index contributed by atoms with van der Waals surface area (Å²) < 4.78 is 4.75. The molecule has 1 amide bonds. The average Bonchev–Trinajstić information content (AvgIpc) is 2.62. The molecule has 24 heavy (non-hydrogen) atoms. The van der Waals surface area contributed by atoms with E-state index in [-0.39, 0.29) is 17.8 Å². The highest BCUT2D eigenvalue weighted by Crippen LogP contribution is 2.35. The molecule has 1 aromatic rings. The summed E-state index contributed by atoms with van der Waals surface area (Å²) in [5.41, 5.74) is 0.706. The Hall–Kier alpha value is -1.17. The van der Waals surface area contributed by atoms with E-state index in [0.29, 0.717) is 41.5 Å². The first kappa shape index (κ1) is 19.2. The molecule has 0 N–H and O–H groups in total. The van der Waals surface area contributed by atoms with Crippen molar-refractivity contribution in [1.82, 2.24) is 4.90 Å². The lowest BCUT2D eigenvalue weighted by Gasteiger charge is -2.29. The third-order valence-electron chi connectivity index (χ3n) is 4.04. The first-order valence-corrected chi connectivity index (χ1v) is 9.52. The summed E-state index contributed by atoms with van der Waals surface area (Å²) in [6.07, 6.45) is 6.35. The Balaban J connectivity index is 1.99. The topological polar surface area (TPSA) is 46.6 Å². The number of hydrogen-bond donors (Lipinski definition) is 0. The van der Waals surface area contributed by atoms with Crippen LogP contribution in [-0.2, 0) is 14.3 Å². The first-order valence-electron chi connectivity index (χ1n) is 7.54. The minimum Gasteiger partial charge on any atom is -0.469 e. The van der Waals surface area contributed by atoms with Crippen LogP contribution in [0.2, 0.25) is 10.0 Å². The highest BCUT2D eigenvalue weighted by Gasteiger charge is 2.27. The molecule has 0 unspecified atom stereocenters. The number of carbonyl (C=O) groups is 2. The standard InChI is InChI=1S/C17H19Cl2NO3S/c1-23-17(22)12-7-9-20(10-8-12)14(21)6-4-11-3-5-13(24-2)16(19)15(11)18/h3-6,12H,7-10H2,1-2H3. The van der Waals surface area contributed by atoms with E-state index >= 15 is 0 Å². The zero-order valence-corrected chi connectivity index (χ0v) is 15.9. The maximum Gasteiger partial charge on any atom is 0.308 e. The van der Waals surface area contributed by atoms with Crippen LogP contribution in [0.5, 0.6) is 0 Å². The fourth-order valence-electron chi connectivity index (χ4n) is 2.60. The van der Waals surface area contributed by atoms with E-state index < -0.39 is 0 Å². The molecule has 0 aromatic heterocycles. The summed E-state index contributed by atoms with van der Waals surface area (Å²) in [4.78, 5) is 26.4. The number of nitrogens with zero attached hydrogens (tertiary/aromatic N) is 1. The number of hydrogen-bond acceptors (Lipinski definition) is 4. The molecular weight excluding hydrogens is 369 g/mol. The van der Waals surface area contributed by atoms with Gasteiger partial charge in [-0.3, -0.25) is 9.59 Å². The second kappa shape index (κ2) is 8.79. The molecule has 1 aliphatic rings.